The first kappa shape index (κ1) is 11.3. The summed E-state index contributed by atoms with van der Waals surface area (Å²) in [5.41, 5.74) is 1.12. The largest absolute Gasteiger partial charge is 0.365 e. The predicted molar refractivity (Wildman–Crippen MR) is 62.0 cm³/mol. The summed E-state index contributed by atoms with van der Waals surface area (Å²) in [4.78, 5) is 6.40. The van der Waals surface area contributed by atoms with E-state index in [9.17, 15) is 0 Å². The Balaban J connectivity index is 2.94. The molecule has 0 aromatic carbocycles. The van der Waals surface area contributed by atoms with Crippen LogP contribution >= 0.6 is 11.6 Å². The van der Waals surface area contributed by atoms with Crippen molar-refractivity contribution < 1.29 is 0 Å². The molecule has 0 N–H and O–H groups in total. The first-order valence-corrected chi connectivity index (χ1v) is 5.30. The lowest BCUT2D eigenvalue weighted by Crippen LogP contribution is -2.36. The Morgan fingerprint density at radius 2 is 1.71 bits per heavy atom. The Hall–Kier alpha value is -0.760. The summed E-state index contributed by atoms with van der Waals surface area (Å²) in [6, 6.07) is 4.78. The molecule has 14 heavy (non-hydrogen) atoms. The van der Waals surface area contributed by atoms with E-state index in [0.29, 0.717) is 17.2 Å². The van der Waals surface area contributed by atoms with E-state index >= 15 is 0 Å². The molecule has 0 aliphatic heterocycles. The molecule has 0 amide bonds. The molecule has 0 spiro atoms. The molecule has 0 saturated heterocycles. The maximum absolute atomic E-state index is 5.75. The number of aromatic nitrogens is 1. The van der Waals surface area contributed by atoms with E-state index < -0.39 is 0 Å². The van der Waals surface area contributed by atoms with E-state index in [1.54, 1.807) is 0 Å². The number of halogens is 1. The molecular weight excluding hydrogens is 196 g/mol. The Morgan fingerprint density at radius 1 is 1.14 bits per heavy atom. The molecule has 78 valence electrons. The van der Waals surface area contributed by atoms with E-state index in [1.807, 2.05) is 18.3 Å². The summed E-state index contributed by atoms with van der Waals surface area (Å²) in [6.07, 6.45) is 1.82. The van der Waals surface area contributed by atoms with Crippen molar-refractivity contribution in [1.29, 1.82) is 0 Å². The molecule has 0 fully saturated rings. The van der Waals surface area contributed by atoms with Crippen LogP contribution in [0, 0.1) is 0 Å². The summed E-state index contributed by atoms with van der Waals surface area (Å²) in [5, 5.41) is 0.543. The highest BCUT2D eigenvalue weighted by atomic mass is 35.5. The van der Waals surface area contributed by atoms with Gasteiger partial charge < -0.3 is 4.90 Å². The minimum atomic E-state index is 0.470. The lowest BCUT2D eigenvalue weighted by Gasteiger charge is -2.32. The van der Waals surface area contributed by atoms with Gasteiger partial charge in [-0.2, -0.15) is 0 Å². The second-order valence-electron chi connectivity index (χ2n) is 3.93. The van der Waals surface area contributed by atoms with Crippen LogP contribution < -0.4 is 4.90 Å². The van der Waals surface area contributed by atoms with Crippen molar-refractivity contribution in [2.75, 3.05) is 4.90 Å². The molecule has 1 rings (SSSR count). The first-order chi connectivity index (χ1) is 6.52. The molecule has 0 unspecified atom stereocenters. The summed E-state index contributed by atoms with van der Waals surface area (Å²) in [6.45, 7) is 8.70. The molecule has 0 radical (unpaired) electrons. The van der Waals surface area contributed by atoms with Crippen LogP contribution in [0.1, 0.15) is 27.7 Å². The highest BCUT2D eigenvalue weighted by Crippen LogP contribution is 2.20. The lowest BCUT2D eigenvalue weighted by atomic mass is 10.2. The highest BCUT2D eigenvalue weighted by Gasteiger charge is 2.13. The van der Waals surface area contributed by atoms with Gasteiger partial charge in [0.15, 0.2) is 0 Å². The molecule has 1 heterocycles. The van der Waals surface area contributed by atoms with Gasteiger partial charge in [0.1, 0.15) is 5.15 Å². The fraction of sp³-hybridized carbons (Fsp3) is 0.545. The summed E-state index contributed by atoms with van der Waals surface area (Å²) in [7, 11) is 0. The molecule has 2 nitrogen and oxygen atoms in total. The molecule has 1 aromatic heterocycles. The van der Waals surface area contributed by atoms with E-state index in [4.69, 9.17) is 11.6 Å². The van der Waals surface area contributed by atoms with Gasteiger partial charge in [0.2, 0.25) is 0 Å². The molecule has 0 atom stereocenters. The molecule has 1 aromatic rings. The highest BCUT2D eigenvalue weighted by molar-refractivity contribution is 6.29. The number of rotatable bonds is 3. The molecule has 0 bridgehead atoms. The summed E-state index contributed by atoms with van der Waals surface area (Å²) >= 11 is 5.75. The minimum Gasteiger partial charge on any atom is -0.365 e. The standard InChI is InChI=1S/C11H17ClN2/c1-8(2)14(9(3)4)10-5-6-11(12)13-7-10/h5-9H,1-4H3. The van der Waals surface area contributed by atoms with Crippen molar-refractivity contribution in [3.8, 4) is 0 Å². The van der Waals surface area contributed by atoms with Gasteiger partial charge in [-0.25, -0.2) is 4.98 Å². The van der Waals surface area contributed by atoms with Gasteiger partial charge in [0.05, 0.1) is 11.9 Å². The van der Waals surface area contributed by atoms with Crippen LogP contribution in [-0.4, -0.2) is 17.1 Å². The number of hydrogen-bond acceptors (Lipinski definition) is 2. The van der Waals surface area contributed by atoms with Gasteiger partial charge in [0, 0.05) is 12.1 Å². The maximum Gasteiger partial charge on any atom is 0.129 e. The number of hydrogen-bond donors (Lipinski definition) is 0. The quantitative estimate of drug-likeness (QED) is 0.715. The molecule has 0 aliphatic rings. The van der Waals surface area contributed by atoms with Gasteiger partial charge in [0.25, 0.3) is 0 Å². The van der Waals surface area contributed by atoms with Crippen LogP contribution in [-0.2, 0) is 0 Å². The van der Waals surface area contributed by atoms with Crippen LogP contribution in [0.3, 0.4) is 0 Å². The van der Waals surface area contributed by atoms with Gasteiger partial charge in [-0.05, 0) is 39.8 Å². The van der Waals surface area contributed by atoms with Crippen molar-refractivity contribution >= 4 is 17.3 Å². The maximum atomic E-state index is 5.75. The van der Waals surface area contributed by atoms with E-state index in [-0.39, 0.29) is 0 Å². The third-order valence-corrected chi connectivity index (χ3v) is 2.35. The van der Waals surface area contributed by atoms with Crippen molar-refractivity contribution in [2.45, 2.75) is 39.8 Å². The van der Waals surface area contributed by atoms with E-state index in [1.165, 1.54) is 0 Å². The van der Waals surface area contributed by atoms with E-state index in [0.717, 1.165) is 5.69 Å². The summed E-state index contributed by atoms with van der Waals surface area (Å²) < 4.78 is 0. The fourth-order valence-electron chi connectivity index (χ4n) is 1.71. The van der Waals surface area contributed by atoms with E-state index in [2.05, 4.69) is 37.6 Å². The van der Waals surface area contributed by atoms with Gasteiger partial charge in [-0.3, -0.25) is 0 Å². The first-order valence-electron chi connectivity index (χ1n) is 4.92. The predicted octanol–water partition coefficient (Wildman–Crippen LogP) is 3.36. The van der Waals surface area contributed by atoms with Crippen molar-refractivity contribution in [1.82, 2.24) is 4.98 Å². The fourth-order valence-corrected chi connectivity index (χ4v) is 1.83. The average Bonchev–Trinajstić information content (AvgIpc) is 2.07. The monoisotopic (exact) mass is 212 g/mol. The van der Waals surface area contributed by atoms with Crippen molar-refractivity contribution in [3.63, 3.8) is 0 Å². The van der Waals surface area contributed by atoms with Gasteiger partial charge >= 0.3 is 0 Å². The smallest absolute Gasteiger partial charge is 0.129 e. The van der Waals surface area contributed by atoms with Crippen LogP contribution in [0.25, 0.3) is 0 Å². The third-order valence-electron chi connectivity index (χ3n) is 2.12. The topological polar surface area (TPSA) is 16.1 Å². The SMILES string of the molecule is CC(C)N(c1ccc(Cl)nc1)C(C)C. The van der Waals surface area contributed by atoms with Crippen LogP contribution in [0.4, 0.5) is 5.69 Å². The zero-order chi connectivity index (χ0) is 10.7. The number of pyridine rings is 1. The molecule has 0 saturated carbocycles. The van der Waals surface area contributed by atoms with Crippen LogP contribution in [0.5, 0.6) is 0 Å². The zero-order valence-electron chi connectivity index (χ0n) is 9.16. The Labute approximate surface area is 90.9 Å². The summed E-state index contributed by atoms with van der Waals surface area (Å²) in [5.74, 6) is 0. The average molecular weight is 213 g/mol. The second-order valence-corrected chi connectivity index (χ2v) is 4.32. The van der Waals surface area contributed by atoms with Crippen molar-refractivity contribution in [3.05, 3.63) is 23.5 Å². The van der Waals surface area contributed by atoms with Crippen molar-refractivity contribution in [2.24, 2.45) is 0 Å². The Morgan fingerprint density at radius 3 is 2.07 bits per heavy atom. The lowest BCUT2D eigenvalue weighted by molar-refractivity contribution is 0.607. The minimum absolute atomic E-state index is 0.470. The molecular formula is C11H17ClN2. The Kier molecular flexibility index (Phi) is 3.76. The normalized spacial score (nSPS) is 11.1. The Bertz CT molecular complexity index is 272. The van der Waals surface area contributed by atoms with Crippen LogP contribution in [0.2, 0.25) is 5.15 Å². The van der Waals surface area contributed by atoms with Gasteiger partial charge in [-0.1, -0.05) is 11.6 Å². The third kappa shape index (κ3) is 2.61. The van der Waals surface area contributed by atoms with Crippen LogP contribution in [0.15, 0.2) is 18.3 Å². The number of nitrogens with zero attached hydrogens (tertiary/aromatic N) is 2. The second kappa shape index (κ2) is 4.65. The number of anilines is 1. The zero-order valence-corrected chi connectivity index (χ0v) is 9.92. The van der Waals surface area contributed by atoms with Gasteiger partial charge in [-0.15, -0.1) is 0 Å². The molecule has 3 heteroatoms. The molecule has 0 aliphatic carbocycles.